The lowest BCUT2D eigenvalue weighted by atomic mass is 9.93. The summed E-state index contributed by atoms with van der Waals surface area (Å²) in [5.74, 6) is 0.0684. The molecule has 4 rings (SSSR count). The van der Waals surface area contributed by atoms with E-state index < -0.39 is 10.0 Å². The molecule has 8 heteroatoms. The summed E-state index contributed by atoms with van der Waals surface area (Å²) >= 11 is 0. The van der Waals surface area contributed by atoms with E-state index in [2.05, 4.69) is 23.1 Å². The Hall–Kier alpha value is -2.68. The molecule has 1 saturated carbocycles. The molecule has 0 saturated heterocycles. The standard InChI is InChI=1S/C30H41N3O4S/c1-31(38(35,36)29-16-10-5-11-17-29)24-26(25-12-6-3-7-13-25)18-21-32-22-19-28(20-23-32)33(30(34)37-2)27-14-8-4-9-15-27/h3,5-7,10-13,16-17,19,26-27H,4,8-9,14-15,18,20-24H2,1-2H3. The van der Waals surface area contributed by atoms with Crippen LogP contribution < -0.4 is 0 Å². The second kappa shape index (κ2) is 13.4. The average molecular weight is 540 g/mol. The minimum Gasteiger partial charge on any atom is -0.452 e. The Morgan fingerprint density at radius 2 is 1.68 bits per heavy atom. The van der Waals surface area contributed by atoms with Crippen molar-refractivity contribution in [2.45, 2.75) is 61.8 Å². The molecule has 1 aliphatic heterocycles. The number of methoxy groups -OCH3 is 1. The number of likely N-dealkylation sites (N-methyl/N-ethyl adjacent to an activating group) is 1. The van der Waals surface area contributed by atoms with Gasteiger partial charge in [0.05, 0.1) is 12.0 Å². The molecule has 0 radical (unpaired) electrons. The van der Waals surface area contributed by atoms with E-state index in [1.165, 1.54) is 17.8 Å². The molecular formula is C30H41N3O4S. The maximum Gasteiger partial charge on any atom is 0.413 e. The van der Waals surface area contributed by atoms with Gasteiger partial charge in [0.1, 0.15) is 0 Å². The molecule has 38 heavy (non-hydrogen) atoms. The summed E-state index contributed by atoms with van der Waals surface area (Å²) in [6.07, 6.45) is 9.21. The third-order valence-corrected chi connectivity index (χ3v) is 9.72. The predicted octanol–water partition coefficient (Wildman–Crippen LogP) is 5.47. The molecule has 206 valence electrons. The first-order chi connectivity index (χ1) is 18.4. The highest BCUT2D eigenvalue weighted by Gasteiger charge is 2.31. The second-order valence-corrected chi connectivity index (χ2v) is 12.4. The quantitative estimate of drug-likeness (QED) is 0.400. The lowest BCUT2D eigenvalue weighted by molar-refractivity contribution is 0.106. The Labute approximate surface area is 228 Å². The van der Waals surface area contributed by atoms with Crippen molar-refractivity contribution in [1.29, 1.82) is 0 Å². The van der Waals surface area contributed by atoms with E-state index in [0.717, 1.165) is 69.4 Å². The normalized spacial score (nSPS) is 18.1. The summed E-state index contributed by atoms with van der Waals surface area (Å²) in [4.78, 5) is 17.3. The minimum absolute atomic E-state index is 0.0684. The van der Waals surface area contributed by atoms with Crippen molar-refractivity contribution in [3.8, 4) is 0 Å². The smallest absolute Gasteiger partial charge is 0.413 e. The van der Waals surface area contributed by atoms with E-state index in [-0.39, 0.29) is 18.1 Å². The third-order valence-electron chi connectivity index (χ3n) is 7.88. The molecule has 1 fully saturated rings. The Morgan fingerprint density at radius 3 is 2.29 bits per heavy atom. The first-order valence-corrected chi connectivity index (χ1v) is 15.2. The summed E-state index contributed by atoms with van der Waals surface area (Å²) in [6, 6.07) is 19.0. The largest absolute Gasteiger partial charge is 0.452 e. The molecule has 1 atom stereocenters. The third kappa shape index (κ3) is 7.04. The fourth-order valence-corrected chi connectivity index (χ4v) is 6.91. The van der Waals surface area contributed by atoms with E-state index in [4.69, 9.17) is 4.74 Å². The van der Waals surface area contributed by atoms with Crippen molar-refractivity contribution in [1.82, 2.24) is 14.1 Å². The first kappa shape index (κ1) is 28.3. The van der Waals surface area contributed by atoms with Gasteiger partial charge >= 0.3 is 6.09 Å². The molecule has 2 aromatic carbocycles. The lowest BCUT2D eigenvalue weighted by Crippen LogP contribution is -2.43. The molecule has 2 aliphatic rings. The van der Waals surface area contributed by atoms with Crippen molar-refractivity contribution in [2.75, 3.05) is 40.3 Å². The van der Waals surface area contributed by atoms with Gasteiger partial charge in [-0.3, -0.25) is 9.80 Å². The Kier molecular flexibility index (Phi) is 9.99. The summed E-state index contributed by atoms with van der Waals surface area (Å²) in [5, 5.41) is 0. The van der Waals surface area contributed by atoms with Gasteiger partial charge < -0.3 is 4.74 Å². The molecule has 1 aliphatic carbocycles. The fraction of sp³-hybridized carbons (Fsp3) is 0.500. The number of benzene rings is 2. The zero-order chi connectivity index (χ0) is 27.0. The Balaban J connectivity index is 1.41. The van der Waals surface area contributed by atoms with Crippen molar-refractivity contribution < 1.29 is 17.9 Å². The number of hydrogen-bond donors (Lipinski definition) is 0. The van der Waals surface area contributed by atoms with E-state index in [1.54, 1.807) is 31.3 Å². The minimum atomic E-state index is -3.56. The number of hydrogen-bond acceptors (Lipinski definition) is 5. The number of carbonyl (C=O) groups excluding carboxylic acids is 1. The van der Waals surface area contributed by atoms with Crippen LogP contribution in [-0.4, -0.2) is 75.0 Å². The average Bonchev–Trinajstić information content (AvgIpc) is 2.97. The highest BCUT2D eigenvalue weighted by molar-refractivity contribution is 7.89. The van der Waals surface area contributed by atoms with Crippen LogP contribution in [0.4, 0.5) is 4.79 Å². The molecule has 2 aromatic rings. The van der Waals surface area contributed by atoms with E-state index >= 15 is 0 Å². The molecule has 0 spiro atoms. The van der Waals surface area contributed by atoms with Gasteiger partial charge in [-0.15, -0.1) is 0 Å². The van der Waals surface area contributed by atoms with Crippen LogP contribution in [-0.2, 0) is 14.8 Å². The molecule has 0 bridgehead atoms. The van der Waals surface area contributed by atoms with Gasteiger partial charge in [0.25, 0.3) is 0 Å². The van der Waals surface area contributed by atoms with Crippen molar-refractivity contribution in [2.24, 2.45) is 0 Å². The van der Waals surface area contributed by atoms with Crippen molar-refractivity contribution >= 4 is 16.1 Å². The van der Waals surface area contributed by atoms with Crippen LogP contribution in [0.15, 0.2) is 77.3 Å². The predicted molar refractivity (Wildman–Crippen MR) is 150 cm³/mol. The molecule has 0 N–H and O–H groups in total. The summed E-state index contributed by atoms with van der Waals surface area (Å²) in [7, 11) is -0.430. The van der Waals surface area contributed by atoms with Crippen molar-refractivity contribution in [3.05, 3.63) is 78.0 Å². The van der Waals surface area contributed by atoms with Crippen LogP contribution >= 0.6 is 0 Å². The fourth-order valence-electron chi connectivity index (χ4n) is 5.67. The molecule has 0 aromatic heterocycles. The number of sulfonamides is 1. The maximum absolute atomic E-state index is 13.2. The summed E-state index contributed by atoms with van der Waals surface area (Å²) in [6.45, 7) is 2.90. The highest BCUT2D eigenvalue weighted by atomic mass is 32.2. The Morgan fingerprint density at radius 1 is 1.03 bits per heavy atom. The van der Waals surface area contributed by atoms with Crippen LogP contribution in [0.5, 0.6) is 0 Å². The van der Waals surface area contributed by atoms with E-state index in [1.807, 2.05) is 29.2 Å². The molecule has 1 heterocycles. The second-order valence-electron chi connectivity index (χ2n) is 10.4. The Bertz CT molecular complexity index is 1160. The van der Waals surface area contributed by atoms with Gasteiger partial charge in [-0.2, -0.15) is 0 Å². The van der Waals surface area contributed by atoms with Gasteiger partial charge in [0.15, 0.2) is 0 Å². The number of ether oxygens (including phenoxy) is 1. The van der Waals surface area contributed by atoms with Gasteiger partial charge in [-0.25, -0.2) is 17.5 Å². The SMILES string of the molecule is COC(=O)N(C1=CCN(CCC(CN(C)S(=O)(=O)c2ccccc2)c2ccccc2)CC1)C1CCCCC1. The van der Waals surface area contributed by atoms with Gasteiger partial charge in [0.2, 0.25) is 10.0 Å². The number of nitrogens with zero attached hydrogens (tertiary/aromatic N) is 3. The van der Waals surface area contributed by atoms with Crippen LogP contribution in [0.3, 0.4) is 0 Å². The number of carbonyl (C=O) groups is 1. The summed E-state index contributed by atoms with van der Waals surface area (Å²) in [5.41, 5.74) is 2.22. The number of amides is 1. The molecule has 7 nitrogen and oxygen atoms in total. The molecular weight excluding hydrogens is 498 g/mol. The van der Waals surface area contributed by atoms with Gasteiger partial charge in [-0.1, -0.05) is 73.9 Å². The van der Waals surface area contributed by atoms with E-state index in [9.17, 15) is 13.2 Å². The van der Waals surface area contributed by atoms with Crippen LogP contribution in [0, 0.1) is 0 Å². The highest BCUT2D eigenvalue weighted by Crippen LogP contribution is 2.29. The van der Waals surface area contributed by atoms with Gasteiger partial charge in [0, 0.05) is 44.8 Å². The summed E-state index contributed by atoms with van der Waals surface area (Å²) < 4.78 is 33.0. The zero-order valence-electron chi connectivity index (χ0n) is 22.7. The van der Waals surface area contributed by atoms with Crippen LogP contribution in [0.25, 0.3) is 0 Å². The molecule has 1 amide bonds. The molecule has 1 unspecified atom stereocenters. The zero-order valence-corrected chi connectivity index (χ0v) is 23.5. The van der Waals surface area contributed by atoms with Gasteiger partial charge in [-0.05, 0) is 49.4 Å². The first-order valence-electron chi connectivity index (χ1n) is 13.7. The van der Waals surface area contributed by atoms with E-state index in [0.29, 0.717) is 11.4 Å². The monoisotopic (exact) mass is 539 g/mol. The van der Waals surface area contributed by atoms with Crippen molar-refractivity contribution in [3.63, 3.8) is 0 Å². The van der Waals surface area contributed by atoms with Crippen LogP contribution in [0.1, 0.15) is 56.4 Å². The van der Waals surface area contributed by atoms with Crippen LogP contribution in [0.2, 0.25) is 0 Å². The topological polar surface area (TPSA) is 70.2 Å². The lowest BCUT2D eigenvalue weighted by Gasteiger charge is -2.38. The maximum atomic E-state index is 13.2. The number of rotatable bonds is 10.